The Balaban J connectivity index is 1.97. The molecule has 2 N–H and O–H groups in total. The van der Waals surface area contributed by atoms with E-state index in [2.05, 4.69) is 11.9 Å². The fourth-order valence-corrected chi connectivity index (χ4v) is 2.07. The van der Waals surface area contributed by atoms with E-state index in [1.165, 1.54) is 51.4 Å². The number of unbranched alkanes of at least 4 members (excludes halogenated alkanes) is 7. The fraction of sp³-hybridized carbons (Fsp3) is 0.667. The first-order valence-electron chi connectivity index (χ1n) is 7.03. The van der Waals surface area contributed by atoms with Gasteiger partial charge in [0.1, 0.15) is 0 Å². The van der Waals surface area contributed by atoms with Crippen LogP contribution in [0.3, 0.4) is 0 Å². The smallest absolute Gasteiger partial charge is 0.0424 e. The molecule has 17 heavy (non-hydrogen) atoms. The predicted molar refractivity (Wildman–Crippen MR) is 75.0 cm³/mol. The summed E-state index contributed by atoms with van der Waals surface area (Å²) in [4.78, 5) is 4.32. The zero-order chi connectivity index (χ0) is 12.3. The van der Waals surface area contributed by atoms with Gasteiger partial charge in [0.15, 0.2) is 0 Å². The molecule has 0 spiro atoms. The van der Waals surface area contributed by atoms with E-state index in [1.807, 2.05) is 12.1 Å². The van der Waals surface area contributed by atoms with Gasteiger partial charge in [-0.2, -0.15) is 0 Å². The number of anilines is 1. The number of nitrogens with two attached hydrogens (primary N) is 1. The van der Waals surface area contributed by atoms with E-state index in [0.717, 1.165) is 17.8 Å². The highest BCUT2D eigenvalue weighted by atomic mass is 14.7. The second-order valence-corrected chi connectivity index (χ2v) is 4.81. The Morgan fingerprint density at radius 1 is 1.00 bits per heavy atom. The molecule has 1 rings (SSSR count). The maximum absolute atomic E-state index is 5.72. The van der Waals surface area contributed by atoms with Crippen molar-refractivity contribution in [2.24, 2.45) is 0 Å². The molecule has 0 aliphatic heterocycles. The topological polar surface area (TPSA) is 38.9 Å². The number of aromatic nitrogens is 1. The lowest BCUT2D eigenvalue weighted by atomic mass is 10.1. The summed E-state index contributed by atoms with van der Waals surface area (Å²) in [5.41, 5.74) is 7.68. The monoisotopic (exact) mass is 234 g/mol. The molecule has 0 aromatic carbocycles. The molecule has 0 amide bonds. The molecule has 0 bridgehead atoms. The Morgan fingerprint density at radius 2 is 1.65 bits per heavy atom. The summed E-state index contributed by atoms with van der Waals surface area (Å²) in [6, 6.07) is 3.83. The second-order valence-electron chi connectivity index (χ2n) is 4.81. The number of pyridine rings is 1. The van der Waals surface area contributed by atoms with E-state index in [4.69, 9.17) is 5.73 Å². The van der Waals surface area contributed by atoms with Crippen molar-refractivity contribution in [2.75, 3.05) is 5.73 Å². The van der Waals surface area contributed by atoms with Crippen molar-refractivity contribution >= 4 is 5.69 Å². The lowest BCUT2D eigenvalue weighted by Gasteiger charge is -2.02. The third-order valence-electron chi connectivity index (χ3n) is 3.13. The van der Waals surface area contributed by atoms with E-state index >= 15 is 0 Å². The van der Waals surface area contributed by atoms with Gasteiger partial charge < -0.3 is 5.73 Å². The van der Waals surface area contributed by atoms with Gasteiger partial charge in [0.05, 0.1) is 0 Å². The Kier molecular flexibility index (Phi) is 7.44. The molecule has 0 radical (unpaired) electrons. The van der Waals surface area contributed by atoms with Gasteiger partial charge in [0.25, 0.3) is 0 Å². The predicted octanol–water partition coefficient (Wildman–Crippen LogP) is 4.35. The van der Waals surface area contributed by atoms with E-state index in [-0.39, 0.29) is 0 Å². The van der Waals surface area contributed by atoms with Crippen molar-refractivity contribution in [3.8, 4) is 0 Å². The minimum atomic E-state index is 0.828. The van der Waals surface area contributed by atoms with Gasteiger partial charge in [-0.3, -0.25) is 4.98 Å². The van der Waals surface area contributed by atoms with Crippen LogP contribution in [0.15, 0.2) is 18.3 Å². The van der Waals surface area contributed by atoms with Crippen LogP contribution in [0.2, 0.25) is 0 Å². The van der Waals surface area contributed by atoms with Crippen LogP contribution in [0, 0.1) is 0 Å². The lowest BCUT2D eigenvalue weighted by molar-refractivity contribution is 0.574. The number of nitrogens with zero attached hydrogens (tertiary/aromatic N) is 1. The Bertz CT molecular complexity index is 297. The quantitative estimate of drug-likeness (QED) is 0.645. The third-order valence-corrected chi connectivity index (χ3v) is 3.13. The fourth-order valence-electron chi connectivity index (χ4n) is 2.07. The second kappa shape index (κ2) is 9.03. The molecule has 0 saturated carbocycles. The van der Waals surface area contributed by atoms with Gasteiger partial charge in [-0.1, -0.05) is 51.9 Å². The molecule has 2 nitrogen and oxygen atoms in total. The number of rotatable bonds is 9. The third kappa shape index (κ3) is 6.98. The van der Waals surface area contributed by atoms with Gasteiger partial charge >= 0.3 is 0 Å². The lowest BCUT2D eigenvalue weighted by Crippen LogP contribution is -1.93. The van der Waals surface area contributed by atoms with Crippen LogP contribution in [0.4, 0.5) is 5.69 Å². The van der Waals surface area contributed by atoms with Crippen LogP contribution in [0.1, 0.15) is 64.0 Å². The highest BCUT2D eigenvalue weighted by Gasteiger charge is 1.96. The standard InChI is InChI=1S/C15H26N2/c1-2-3-4-5-6-7-8-9-10-15-13-14(16)11-12-17-15/h11-13H,2-10H2,1H3,(H2,16,17). The van der Waals surface area contributed by atoms with Crippen molar-refractivity contribution in [1.82, 2.24) is 4.98 Å². The molecule has 96 valence electrons. The molecule has 0 aliphatic rings. The molecular formula is C15H26N2. The van der Waals surface area contributed by atoms with Crippen LogP contribution < -0.4 is 5.73 Å². The summed E-state index contributed by atoms with van der Waals surface area (Å²) in [5, 5.41) is 0. The molecule has 0 saturated heterocycles. The van der Waals surface area contributed by atoms with E-state index in [1.54, 1.807) is 6.20 Å². The Hall–Kier alpha value is -1.05. The van der Waals surface area contributed by atoms with Gasteiger partial charge in [0.2, 0.25) is 0 Å². The van der Waals surface area contributed by atoms with Crippen LogP contribution in [0.25, 0.3) is 0 Å². The molecular weight excluding hydrogens is 208 g/mol. The summed E-state index contributed by atoms with van der Waals surface area (Å²) < 4.78 is 0. The normalized spacial score (nSPS) is 10.6. The van der Waals surface area contributed by atoms with Crippen LogP contribution in [-0.4, -0.2) is 4.98 Å². The van der Waals surface area contributed by atoms with Crippen LogP contribution in [-0.2, 0) is 6.42 Å². The number of nitrogen functional groups attached to an aromatic ring is 1. The summed E-state index contributed by atoms with van der Waals surface area (Å²) in [6.07, 6.45) is 13.7. The SMILES string of the molecule is CCCCCCCCCCc1cc(N)ccn1. The van der Waals surface area contributed by atoms with Gasteiger partial charge in [0, 0.05) is 17.6 Å². The summed E-state index contributed by atoms with van der Waals surface area (Å²) in [7, 11) is 0. The van der Waals surface area contributed by atoms with Gasteiger partial charge in [-0.25, -0.2) is 0 Å². The maximum Gasteiger partial charge on any atom is 0.0424 e. The number of hydrogen-bond donors (Lipinski definition) is 1. The summed E-state index contributed by atoms with van der Waals surface area (Å²) in [6.45, 7) is 2.26. The Labute approximate surface area is 106 Å². The molecule has 0 aliphatic carbocycles. The van der Waals surface area contributed by atoms with E-state index in [9.17, 15) is 0 Å². The minimum Gasteiger partial charge on any atom is -0.399 e. The molecule has 1 heterocycles. The number of aryl methyl sites for hydroxylation is 1. The van der Waals surface area contributed by atoms with Gasteiger partial charge in [-0.15, -0.1) is 0 Å². The van der Waals surface area contributed by atoms with Crippen LogP contribution in [0.5, 0.6) is 0 Å². The first-order chi connectivity index (χ1) is 8.33. The molecule has 0 fully saturated rings. The average molecular weight is 234 g/mol. The summed E-state index contributed by atoms with van der Waals surface area (Å²) >= 11 is 0. The molecule has 0 atom stereocenters. The zero-order valence-corrected chi connectivity index (χ0v) is 11.1. The highest BCUT2D eigenvalue weighted by Crippen LogP contribution is 2.11. The van der Waals surface area contributed by atoms with Crippen LogP contribution >= 0.6 is 0 Å². The molecule has 1 aromatic rings. The first kappa shape index (κ1) is 14.0. The largest absolute Gasteiger partial charge is 0.399 e. The van der Waals surface area contributed by atoms with E-state index in [0.29, 0.717) is 0 Å². The van der Waals surface area contributed by atoms with E-state index < -0.39 is 0 Å². The molecule has 0 unspecified atom stereocenters. The van der Waals surface area contributed by atoms with Gasteiger partial charge in [-0.05, 0) is 25.0 Å². The van der Waals surface area contributed by atoms with Crippen molar-refractivity contribution in [1.29, 1.82) is 0 Å². The van der Waals surface area contributed by atoms with Crippen molar-refractivity contribution in [3.05, 3.63) is 24.0 Å². The summed E-state index contributed by atoms with van der Waals surface area (Å²) in [5.74, 6) is 0. The molecule has 2 heteroatoms. The van der Waals surface area contributed by atoms with Crippen molar-refractivity contribution in [2.45, 2.75) is 64.7 Å². The highest BCUT2D eigenvalue weighted by molar-refractivity contribution is 5.37. The minimum absolute atomic E-state index is 0.828. The zero-order valence-electron chi connectivity index (χ0n) is 11.1. The molecule has 1 aromatic heterocycles. The first-order valence-corrected chi connectivity index (χ1v) is 7.03. The van der Waals surface area contributed by atoms with Crippen molar-refractivity contribution < 1.29 is 0 Å². The maximum atomic E-state index is 5.72. The number of hydrogen-bond acceptors (Lipinski definition) is 2. The Morgan fingerprint density at radius 3 is 2.29 bits per heavy atom. The average Bonchev–Trinajstić information content (AvgIpc) is 2.33. The van der Waals surface area contributed by atoms with Crippen molar-refractivity contribution in [3.63, 3.8) is 0 Å².